The van der Waals surface area contributed by atoms with Gasteiger partial charge < -0.3 is 19.5 Å². The number of anilines is 1. The Balaban J connectivity index is 2.27. The molecule has 0 amide bonds. The number of nitrogens with one attached hydrogen (secondary N) is 1. The van der Waals surface area contributed by atoms with Gasteiger partial charge in [-0.2, -0.15) is 0 Å². The smallest absolute Gasteiger partial charge is 0.162 e. The highest BCUT2D eigenvalue weighted by molar-refractivity contribution is 14.1. The normalized spacial score (nSPS) is 19.1. The highest BCUT2D eigenvalue weighted by atomic mass is 127. The summed E-state index contributed by atoms with van der Waals surface area (Å²) >= 11 is 2.25. The number of ether oxygens (including phenoxy) is 3. The summed E-state index contributed by atoms with van der Waals surface area (Å²) in [6, 6.07) is 0. The molecule has 1 unspecified atom stereocenters. The van der Waals surface area contributed by atoms with Gasteiger partial charge in [-0.1, -0.05) is 6.92 Å². The molecule has 1 aliphatic heterocycles. The summed E-state index contributed by atoms with van der Waals surface area (Å²) in [5.41, 5.74) is 0.880. The Hall–Kier alpha value is -0.510. The van der Waals surface area contributed by atoms with Crippen LogP contribution in [0.1, 0.15) is 31.0 Å². The molecule has 1 atom stereocenters. The zero-order valence-electron chi connectivity index (χ0n) is 11.8. The molecule has 20 heavy (non-hydrogen) atoms. The minimum absolute atomic E-state index is 0.196. The Morgan fingerprint density at radius 3 is 2.90 bits per heavy atom. The van der Waals surface area contributed by atoms with E-state index in [1.54, 1.807) is 7.11 Å². The van der Waals surface area contributed by atoms with Crippen LogP contribution in [0, 0.1) is 3.57 Å². The molecule has 6 nitrogen and oxygen atoms in total. The summed E-state index contributed by atoms with van der Waals surface area (Å²) in [6.45, 7) is 5.17. The van der Waals surface area contributed by atoms with E-state index in [1.807, 2.05) is 0 Å². The van der Waals surface area contributed by atoms with Crippen LogP contribution in [-0.4, -0.2) is 43.4 Å². The highest BCUT2D eigenvalue weighted by Crippen LogP contribution is 2.25. The van der Waals surface area contributed by atoms with Crippen LogP contribution in [-0.2, 0) is 20.8 Å². The molecule has 1 saturated heterocycles. The van der Waals surface area contributed by atoms with Crippen LogP contribution >= 0.6 is 22.6 Å². The van der Waals surface area contributed by atoms with Gasteiger partial charge in [0.25, 0.3) is 0 Å². The molecule has 0 aromatic carbocycles. The summed E-state index contributed by atoms with van der Waals surface area (Å²) < 4.78 is 17.3. The van der Waals surface area contributed by atoms with Crippen molar-refractivity contribution in [2.24, 2.45) is 0 Å². The van der Waals surface area contributed by atoms with Gasteiger partial charge in [0.15, 0.2) is 5.82 Å². The predicted molar refractivity (Wildman–Crippen MR) is 83.8 cm³/mol. The van der Waals surface area contributed by atoms with Gasteiger partial charge in [0, 0.05) is 13.7 Å². The predicted octanol–water partition coefficient (Wildman–Crippen LogP) is 2.14. The van der Waals surface area contributed by atoms with Gasteiger partial charge in [-0.3, -0.25) is 0 Å². The van der Waals surface area contributed by atoms with Crippen LogP contribution in [0.25, 0.3) is 0 Å². The second-order valence-corrected chi connectivity index (χ2v) is 5.56. The molecule has 2 heterocycles. The molecule has 0 aliphatic carbocycles. The molecule has 0 saturated carbocycles. The average molecular weight is 393 g/mol. The number of halogens is 1. The van der Waals surface area contributed by atoms with Gasteiger partial charge in [-0.25, -0.2) is 9.97 Å². The summed E-state index contributed by atoms with van der Waals surface area (Å²) in [4.78, 5) is 9.15. The van der Waals surface area contributed by atoms with Crippen LogP contribution in [0.5, 0.6) is 0 Å². The molecule has 1 N–H and O–H groups in total. The first-order chi connectivity index (χ1) is 9.76. The maximum absolute atomic E-state index is 5.68. The Labute approximate surface area is 132 Å². The summed E-state index contributed by atoms with van der Waals surface area (Å²) in [5.74, 6) is 1.51. The largest absolute Gasteiger partial charge is 0.378 e. The van der Waals surface area contributed by atoms with Crippen molar-refractivity contribution in [1.82, 2.24) is 9.97 Å². The van der Waals surface area contributed by atoms with Crippen molar-refractivity contribution in [3.8, 4) is 0 Å². The second-order valence-electron chi connectivity index (χ2n) is 4.49. The van der Waals surface area contributed by atoms with Crippen molar-refractivity contribution in [1.29, 1.82) is 0 Å². The van der Waals surface area contributed by atoms with E-state index in [9.17, 15) is 0 Å². The van der Waals surface area contributed by atoms with Gasteiger partial charge in [0.05, 0.1) is 35.7 Å². The molecule has 112 valence electrons. The monoisotopic (exact) mass is 393 g/mol. The van der Waals surface area contributed by atoms with Crippen molar-refractivity contribution >= 4 is 28.4 Å². The molecule has 0 spiro atoms. The van der Waals surface area contributed by atoms with Crippen molar-refractivity contribution in [3.63, 3.8) is 0 Å². The SMILES string of the molecule is CCCNc1nc(C2COCCO2)nc(COC)c1I. The van der Waals surface area contributed by atoms with Gasteiger partial charge >= 0.3 is 0 Å². The van der Waals surface area contributed by atoms with Crippen molar-refractivity contribution in [3.05, 3.63) is 15.1 Å². The van der Waals surface area contributed by atoms with Crippen molar-refractivity contribution < 1.29 is 14.2 Å². The third-order valence-electron chi connectivity index (χ3n) is 2.86. The fraction of sp³-hybridized carbons (Fsp3) is 0.692. The third-order valence-corrected chi connectivity index (χ3v) is 4.00. The molecule has 0 bridgehead atoms. The van der Waals surface area contributed by atoms with E-state index in [4.69, 9.17) is 14.2 Å². The van der Waals surface area contributed by atoms with Gasteiger partial charge in [0.2, 0.25) is 0 Å². The average Bonchev–Trinajstić information content (AvgIpc) is 2.49. The third kappa shape index (κ3) is 4.00. The van der Waals surface area contributed by atoms with Gasteiger partial charge in [-0.05, 0) is 29.0 Å². The van der Waals surface area contributed by atoms with Crippen LogP contribution < -0.4 is 5.32 Å². The molecule has 2 rings (SSSR count). The van der Waals surface area contributed by atoms with Crippen LogP contribution in [0.2, 0.25) is 0 Å². The number of rotatable bonds is 6. The standard InChI is InChI=1S/C13H20IN3O3/c1-3-4-15-13-11(14)9(7-18-2)16-12(17-13)10-8-19-5-6-20-10/h10H,3-8H2,1-2H3,(H,15,16,17). The molecule has 7 heteroatoms. The topological polar surface area (TPSA) is 65.5 Å². The van der Waals surface area contributed by atoms with Crippen LogP contribution in [0.15, 0.2) is 0 Å². The number of hydrogen-bond donors (Lipinski definition) is 1. The first-order valence-corrected chi connectivity index (χ1v) is 7.82. The lowest BCUT2D eigenvalue weighted by atomic mass is 10.3. The molecular weight excluding hydrogens is 373 g/mol. The summed E-state index contributed by atoms with van der Waals surface area (Å²) in [7, 11) is 1.66. The fourth-order valence-corrected chi connectivity index (χ4v) is 2.47. The van der Waals surface area contributed by atoms with E-state index >= 15 is 0 Å². The van der Waals surface area contributed by atoms with E-state index in [-0.39, 0.29) is 6.10 Å². The van der Waals surface area contributed by atoms with Crippen LogP contribution in [0.3, 0.4) is 0 Å². The van der Waals surface area contributed by atoms with E-state index in [2.05, 4.69) is 44.8 Å². The zero-order valence-corrected chi connectivity index (χ0v) is 14.0. The fourth-order valence-electron chi connectivity index (χ4n) is 1.89. The Morgan fingerprint density at radius 2 is 2.25 bits per heavy atom. The molecule has 1 fully saturated rings. The maximum Gasteiger partial charge on any atom is 0.162 e. The highest BCUT2D eigenvalue weighted by Gasteiger charge is 2.22. The number of hydrogen-bond acceptors (Lipinski definition) is 6. The Kier molecular flexibility index (Phi) is 6.40. The molecule has 0 radical (unpaired) electrons. The van der Waals surface area contributed by atoms with E-state index < -0.39 is 0 Å². The first kappa shape index (κ1) is 15.9. The number of nitrogens with zero attached hydrogens (tertiary/aromatic N) is 2. The Morgan fingerprint density at radius 1 is 1.40 bits per heavy atom. The van der Waals surface area contributed by atoms with Crippen molar-refractivity contribution in [2.45, 2.75) is 26.1 Å². The lowest BCUT2D eigenvalue weighted by Gasteiger charge is -2.23. The number of methoxy groups -OCH3 is 1. The number of aromatic nitrogens is 2. The van der Waals surface area contributed by atoms with Gasteiger partial charge in [-0.15, -0.1) is 0 Å². The van der Waals surface area contributed by atoms with E-state index in [0.717, 1.165) is 28.0 Å². The molecule has 1 aromatic rings. The summed E-state index contributed by atoms with van der Waals surface area (Å²) in [6.07, 6.45) is 0.844. The summed E-state index contributed by atoms with van der Waals surface area (Å²) in [5, 5.41) is 3.33. The van der Waals surface area contributed by atoms with Crippen molar-refractivity contribution in [2.75, 3.05) is 38.8 Å². The molecule has 1 aromatic heterocycles. The van der Waals surface area contributed by atoms with E-state index in [0.29, 0.717) is 32.3 Å². The zero-order chi connectivity index (χ0) is 14.4. The second kappa shape index (κ2) is 8.06. The Bertz CT molecular complexity index is 439. The maximum atomic E-state index is 5.68. The quantitative estimate of drug-likeness (QED) is 0.748. The lowest BCUT2D eigenvalue weighted by molar-refractivity contribution is -0.0936. The van der Waals surface area contributed by atoms with Crippen LogP contribution in [0.4, 0.5) is 5.82 Å². The minimum Gasteiger partial charge on any atom is -0.378 e. The minimum atomic E-state index is -0.196. The first-order valence-electron chi connectivity index (χ1n) is 6.74. The van der Waals surface area contributed by atoms with Gasteiger partial charge in [0.1, 0.15) is 11.9 Å². The molecule has 1 aliphatic rings. The molecular formula is C13H20IN3O3. The lowest BCUT2D eigenvalue weighted by Crippen LogP contribution is -2.25. The van der Waals surface area contributed by atoms with E-state index in [1.165, 1.54) is 0 Å².